The van der Waals surface area contributed by atoms with Gasteiger partial charge in [-0.15, -0.1) is 6.58 Å². The average molecular weight is 244 g/mol. The molecule has 0 bridgehead atoms. The van der Waals surface area contributed by atoms with Gasteiger partial charge in [-0.25, -0.2) is 4.31 Å². The molecule has 7 nitrogen and oxygen atoms in total. The van der Waals surface area contributed by atoms with Crippen LogP contribution in [-0.4, -0.2) is 11.5 Å². The highest BCUT2D eigenvalue weighted by Crippen LogP contribution is 2.52. The Balaban J connectivity index is 4.03. The van der Waals surface area contributed by atoms with Gasteiger partial charge >= 0.3 is 0 Å². The van der Waals surface area contributed by atoms with Crippen molar-refractivity contribution in [1.82, 2.24) is 0 Å². The number of hydrogen-bond acceptors (Lipinski definition) is 6. The van der Waals surface area contributed by atoms with Crippen LogP contribution in [0.3, 0.4) is 0 Å². The molecule has 14 heavy (non-hydrogen) atoms. The van der Waals surface area contributed by atoms with Gasteiger partial charge in [-0.1, -0.05) is 5.57 Å². The molecule has 0 radical (unpaired) electrons. The highest BCUT2D eigenvalue weighted by atomic mass is 31.3. The van der Waals surface area contributed by atoms with Crippen LogP contribution in [0, 0.1) is 0 Å². The SMILES string of the molecule is C=C(C)CCOP(=O)([O-])OP(=O)([O-])O. The Labute approximate surface area is 81.2 Å². The zero-order chi connectivity index (χ0) is 11.4. The first-order valence-electron chi connectivity index (χ1n) is 3.47. The second kappa shape index (κ2) is 5.19. The Morgan fingerprint density at radius 2 is 2.00 bits per heavy atom. The van der Waals surface area contributed by atoms with Crippen LogP contribution in [-0.2, 0) is 18.0 Å². The van der Waals surface area contributed by atoms with E-state index in [4.69, 9.17) is 4.89 Å². The molecule has 0 saturated heterocycles. The molecule has 0 saturated carbocycles. The Morgan fingerprint density at radius 3 is 2.36 bits per heavy atom. The van der Waals surface area contributed by atoms with E-state index in [0.717, 1.165) is 0 Å². The molecular weight excluding hydrogens is 234 g/mol. The summed E-state index contributed by atoms with van der Waals surface area (Å²) in [6.07, 6.45) is 0.240. The van der Waals surface area contributed by atoms with E-state index in [1.165, 1.54) is 0 Å². The minimum atomic E-state index is -5.32. The van der Waals surface area contributed by atoms with E-state index in [1.54, 1.807) is 6.92 Å². The molecule has 0 spiro atoms. The van der Waals surface area contributed by atoms with Crippen molar-refractivity contribution >= 4 is 15.6 Å². The fourth-order valence-corrected chi connectivity index (χ4v) is 2.00. The largest absolute Gasteiger partial charge is 0.756 e. The van der Waals surface area contributed by atoms with Gasteiger partial charge in [0.25, 0.3) is 15.6 Å². The Kier molecular flexibility index (Phi) is 5.19. The van der Waals surface area contributed by atoms with Gasteiger partial charge < -0.3 is 19.2 Å². The second-order valence-electron chi connectivity index (χ2n) is 2.54. The lowest BCUT2D eigenvalue weighted by Gasteiger charge is -2.27. The molecule has 0 aromatic carbocycles. The fraction of sp³-hybridized carbons (Fsp3) is 0.600. The summed E-state index contributed by atoms with van der Waals surface area (Å²) < 4.78 is 28.1. The van der Waals surface area contributed by atoms with E-state index in [0.29, 0.717) is 5.57 Å². The van der Waals surface area contributed by atoms with Crippen molar-refractivity contribution in [3.63, 3.8) is 0 Å². The van der Waals surface area contributed by atoms with Crippen molar-refractivity contribution < 1.29 is 32.6 Å². The van der Waals surface area contributed by atoms with E-state index >= 15 is 0 Å². The van der Waals surface area contributed by atoms with Crippen LogP contribution >= 0.6 is 15.6 Å². The van der Waals surface area contributed by atoms with Crippen molar-refractivity contribution in [1.29, 1.82) is 0 Å². The molecular formula is C5H10O7P2-2. The van der Waals surface area contributed by atoms with Gasteiger partial charge in [0.15, 0.2) is 0 Å². The molecule has 2 atom stereocenters. The number of phosphoric ester groups is 1. The summed E-state index contributed by atoms with van der Waals surface area (Å²) in [6, 6.07) is 0. The maximum atomic E-state index is 10.6. The predicted molar refractivity (Wildman–Crippen MR) is 43.9 cm³/mol. The van der Waals surface area contributed by atoms with Gasteiger partial charge in [-0.2, -0.15) is 0 Å². The topological polar surface area (TPSA) is 119 Å². The summed E-state index contributed by atoms with van der Waals surface area (Å²) in [4.78, 5) is 28.8. The van der Waals surface area contributed by atoms with Gasteiger partial charge in [0.2, 0.25) is 0 Å². The van der Waals surface area contributed by atoms with Crippen LogP contribution in [0.15, 0.2) is 12.2 Å². The first-order chi connectivity index (χ1) is 6.12. The quantitative estimate of drug-likeness (QED) is 0.512. The monoisotopic (exact) mass is 244 g/mol. The van der Waals surface area contributed by atoms with Crippen LogP contribution in [0.2, 0.25) is 0 Å². The van der Waals surface area contributed by atoms with Gasteiger partial charge in [0.05, 0.1) is 6.61 Å². The summed E-state index contributed by atoms with van der Waals surface area (Å²) in [5.74, 6) is 0. The van der Waals surface area contributed by atoms with Crippen LogP contribution in [0.25, 0.3) is 0 Å². The third-order valence-corrected chi connectivity index (χ3v) is 3.11. The normalized spacial score (nSPS) is 19.7. The summed E-state index contributed by atoms with van der Waals surface area (Å²) in [6.45, 7) is 4.83. The lowest BCUT2D eigenvalue weighted by molar-refractivity contribution is -0.240. The minimum absolute atomic E-state index is 0.240. The third-order valence-electron chi connectivity index (χ3n) is 0.981. The van der Waals surface area contributed by atoms with Gasteiger partial charge in [0, 0.05) is 0 Å². The molecule has 9 heteroatoms. The lowest BCUT2D eigenvalue weighted by atomic mass is 10.3. The Morgan fingerprint density at radius 1 is 1.50 bits per heavy atom. The standard InChI is InChI=1S/C5H12O7P2/c1-5(2)3-4-11-14(9,10)12-13(6,7)8/h1,3-4H2,2H3,(H,9,10)(H2,6,7,8)/p-2. The Hall–Kier alpha value is -0.0000000000000000416. The summed E-state index contributed by atoms with van der Waals surface area (Å²) in [5, 5.41) is 0. The van der Waals surface area contributed by atoms with Crippen LogP contribution in [0.5, 0.6) is 0 Å². The molecule has 0 aliphatic rings. The van der Waals surface area contributed by atoms with E-state index in [2.05, 4.69) is 15.4 Å². The van der Waals surface area contributed by atoms with Crippen molar-refractivity contribution in [3.05, 3.63) is 12.2 Å². The highest BCUT2D eigenvalue weighted by Gasteiger charge is 2.16. The maximum Gasteiger partial charge on any atom is 0.274 e. The summed E-state index contributed by atoms with van der Waals surface area (Å²) >= 11 is 0. The van der Waals surface area contributed by atoms with Gasteiger partial charge in [-0.3, -0.25) is 9.13 Å². The predicted octanol–water partition coefficient (Wildman–Crippen LogP) is -0.0851. The zero-order valence-electron chi connectivity index (χ0n) is 7.41. The first kappa shape index (κ1) is 14.0. The molecule has 0 rings (SSSR count). The Bertz CT molecular complexity index is 292. The highest BCUT2D eigenvalue weighted by molar-refractivity contribution is 7.59. The van der Waals surface area contributed by atoms with Crippen molar-refractivity contribution in [2.45, 2.75) is 13.3 Å². The smallest absolute Gasteiger partial charge is 0.274 e. The maximum absolute atomic E-state index is 10.6. The molecule has 0 aromatic rings. The summed E-state index contributed by atoms with van der Waals surface area (Å²) in [7, 11) is -10.3. The van der Waals surface area contributed by atoms with Crippen molar-refractivity contribution in [2.75, 3.05) is 6.61 Å². The van der Waals surface area contributed by atoms with Crippen molar-refractivity contribution in [3.8, 4) is 0 Å². The van der Waals surface area contributed by atoms with Crippen LogP contribution in [0.1, 0.15) is 13.3 Å². The number of rotatable bonds is 6. The van der Waals surface area contributed by atoms with E-state index in [9.17, 15) is 18.9 Å². The van der Waals surface area contributed by atoms with Gasteiger partial charge in [-0.05, 0) is 13.3 Å². The average Bonchev–Trinajstić information content (AvgIpc) is 1.78. The van der Waals surface area contributed by atoms with Crippen LogP contribution in [0.4, 0.5) is 0 Å². The fourth-order valence-electron chi connectivity index (χ4n) is 0.482. The third kappa shape index (κ3) is 8.59. The lowest BCUT2D eigenvalue weighted by Crippen LogP contribution is -2.12. The molecule has 0 aromatic heterocycles. The number of hydrogen-bond donors (Lipinski definition) is 1. The van der Waals surface area contributed by atoms with E-state index in [-0.39, 0.29) is 13.0 Å². The van der Waals surface area contributed by atoms with Gasteiger partial charge in [0.1, 0.15) is 0 Å². The molecule has 1 N–H and O–H groups in total. The van der Waals surface area contributed by atoms with E-state index in [1.807, 2.05) is 0 Å². The molecule has 84 valence electrons. The molecule has 2 unspecified atom stereocenters. The first-order valence-corrected chi connectivity index (χ1v) is 6.43. The molecule has 0 heterocycles. The second-order valence-corrected chi connectivity index (χ2v) is 5.28. The number of phosphoric acid groups is 2. The molecule has 0 amide bonds. The molecule has 0 fully saturated rings. The van der Waals surface area contributed by atoms with Crippen LogP contribution < -0.4 is 9.79 Å². The molecule has 0 aliphatic carbocycles. The summed E-state index contributed by atoms with van der Waals surface area (Å²) in [5.41, 5.74) is 0.666. The van der Waals surface area contributed by atoms with Crippen molar-refractivity contribution in [2.24, 2.45) is 0 Å². The zero-order valence-corrected chi connectivity index (χ0v) is 9.20. The minimum Gasteiger partial charge on any atom is -0.756 e. The molecule has 0 aliphatic heterocycles. The van der Waals surface area contributed by atoms with E-state index < -0.39 is 15.6 Å².